The van der Waals surface area contributed by atoms with E-state index in [1.54, 1.807) is 13.8 Å². The SMILES string of the molecule is COC(=O)C(NC(=O)N1CCOCC1C(=O)O)C(C)C. The molecular weight excluding hydrogens is 268 g/mol. The molecule has 0 bridgehead atoms. The molecule has 1 aliphatic rings. The van der Waals surface area contributed by atoms with Gasteiger partial charge in [-0.1, -0.05) is 13.8 Å². The number of esters is 1. The first-order valence-electron chi connectivity index (χ1n) is 6.34. The number of carbonyl (C=O) groups excluding carboxylic acids is 2. The van der Waals surface area contributed by atoms with Crippen LogP contribution in [0.5, 0.6) is 0 Å². The molecule has 1 aliphatic heterocycles. The summed E-state index contributed by atoms with van der Waals surface area (Å²) in [5, 5.41) is 11.6. The number of carboxylic acid groups (broad SMARTS) is 1. The second-order valence-electron chi connectivity index (χ2n) is 4.82. The number of morpholine rings is 1. The second-order valence-corrected chi connectivity index (χ2v) is 4.82. The van der Waals surface area contributed by atoms with Gasteiger partial charge in [-0.2, -0.15) is 0 Å². The van der Waals surface area contributed by atoms with Crippen molar-refractivity contribution in [3.05, 3.63) is 0 Å². The number of nitrogens with one attached hydrogen (secondary N) is 1. The van der Waals surface area contributed by atoms with Crippen LogP contribution < -0.4 is 5.32 Å². The van der Waals surface area contributed by atoms with Crippen molar-refractivity contribution in [3.63, 3.8) is 0 Å². The Bertz CT molecular complexity index is 384. The summed E-state index contributed by atoms with van der Waals surface area (Å²) in [4.78, 5) is 36.0. The average molecular weight is 288 g/mol. The Kier molecular flexibility index (Phi) is 5.75. The average Bonchev–Trinajstić information content (AvgIpc) is 2.43. The fraction of sp³-hybridized carbons (Fsp3) is 0.750. The number of carbonyl (C=O) groups is 3. The van der Waals surface area contributed by atoms with E-state index in [1.807, 2.05) is 0 Å². The fourth-order valence-electron chi connectivity index (χ4n) is 1.89. The van der Waals surface area contributed by atoms with Gasteiger partial charge in [0.2, 0.25) is 0 Å². The van der Waals surface area contributed by atoms with E-state index in [1.165, 1.54) is 7.11 Å². The minimum absolute atomic E-state index is 0.0622. The van der Waals surface area contributed by atoms with Crippen LogP contribution in [-0.4, -0.2) is 66.9 Å². The van der Waals surface area contributed by atoms with Gasteiger partial charge in [0.05, 0.1) is 20.3 Å². The summed E-state index contributed by atoms with van der Waals surface area (Å²) < 4.78 is 9.67. The number of carboxylic acids is 1. The molecule has 2 unspecified atom stereocenters. The summed E-state index contributed by atoms with van der Waals surface area (Å²) in [5.41, 5.74) is 0. The van der Waals surface area contributed by atoms with Gasteiger partial charge in [0.15, 0.2) is 6.04 Å². The van der Waals surface area contributed by atoms with E-state index < -0.39 is 30.1 Å². The first-order valence-corrected chi connectivity index (χ1v) is 6.34. The number of hydrogen-bond donors (Lipinski definition) is 2. The maximum absolute atomic E-state index is 12.1. The zero-order valence-corrected chi connectivity index (χ0v) is 11.8. The van der Waals surface area contributed by atoms with Crippen molar-refractivity contribution < 1.29 is 29.0 Å². The lowest BCUT2D eigenvalue weighted by Gasteiger charge is -2.34. The molecule has 0 aromatic heterocycles. The van der Waals surface area contributed by atoms with E-state index in [4.69, 9.17) is 9.84 Å². The summed E-state index contributed by atoms with van der Waals surface area (Å²) in [5.74, 6) is -1.87. The number of nitrogens with zero attached hydrogens (tertiary/aromatic N) is 1. The van der Waals surface area contributed by atoms with Crippen LogP contribution in [0.15, 0.2) is 0 Å². The van der Waals surface area contributed by atoms with Crippen molar-refractivity contribution in [2.24, 2.45) is 5.92 Å². The van der Waals surface area contributed by atoms with Crippen molar-refractivity contribution in [1.29, 1.82) is 0 Å². The van der Waals surface area contributed by atoms with Gasteiger partial charge < -0.3 is 24.8 Å². The van der Waals surface area contributed by atoms with E-state index in [-0.39, 0.29) is 25.7 Å². The van der Waals surface area contributed by atoms with E-state index >= 15 is 0 Å². The summed E-state index contributed by atoms with van der Waals surface area (Å²) in [7, 11) is 1.23. The maximum Gasteiger partial charge on any atom is 0.328 e. The van der Waals surface area contributed by atoms with Crippen molar-refractivity contribution in [2.75, 3.05) is 26.9 Å². The summed E-state index contributed by atoms with van der Waals surface area (Å²) in [6.45, 7) is 3.88. The van der Waals surface area contributed by atoms with Crippen LogP contribution in [0.4, 0.5) is 4.79 Å². The molecular formula is C12H20N2O6. The van der Waals surface area contributed by atoms with Gasteiger partial charge in [-0.15, -0.1) is 0 Å². The van der Waals surface area contributed by atoms with E-state index in [0.29, 0.717) is 0 Å². The summed E-state index contributed by atoms with van der Waals surface area (Å²) in [6.07, 6.45) is 0. The number of rotatable bonds is 4. The fourth-order valence-corrected chi connectivity index (χ4v) is 1.89. The third-order valence-electron chi connectivity index (χ3n) is 3.08. The second kappa shape index (κ2) is 7.09. The smallest absolute Gasteiger partial charge is 0.328 e. The molecule has 0 saturated carbocycles. The summed E-state index contributed by atoms with van der Waals surface area (Å²) in [6, 6.07) is -2.47. The number of methoxy groups -OCH3 is 1. The molecule has 114 valence electrons. The standard InChI is InChI=1S/C12H20N2O6/c1-7(2)9(11(17)19-3)13-12(18)14-4-5-20-6-8(14)10(15)16/h7-9H,4-6H2,1-3H3,(H,13,18)(H,15,16). The van der Waals surface area contributed by atoms with Crippen LogP contribution in [0.3, 0.4) is 0 Å². The Morgan fingerprint density at radius 2 is 2.05 bits per heavy atom. The molecule has 8 heteroatoms. The Balaban J connectivity index is 2.76. The molecule has 0 aliphatic carbocycles. The van der Waals surface area contributed by atoms with Crippen molar-refractivity contribution >= 4 is 18.0 Å². The Morgan fingerprint density at radius 1 is 1.40 bits per heavy atom. The van der Waals surface area contributed by atoms with Crippen LogP contribution in [0.25, 0.3) is 0 Å². The van der Waals surface area contributed by atoms with Gasteiger partial charge >= 0.3 is 18.0 Å². The maximum atomic E-state index is 12.1. The molecule has 1 saturated heterocycles. The van der Waals surface area contributed by atoms with Gasteiger partial charge in [0, 0.05) is 6.54 Å². The lowest BCUT2D eigenvalue weighted by Crippen LogP contribution is -2.58. The van der Waals surface area contributed by atoms with Gasteiger partial charge in [-0.05, 0) is 5.92 Å². The van der Waals surface area contributed by atoms with Crippen LogP contribution in [-0.2, 0) is 19.1 Å². The first kappa shape index (κ1) is 16.2. The highest BCUT2D eigenvalue weighted by Crippen LogP contribution is 2.10. The Hall–Kier alpha value is -1.83. The lowest BCUT2D eigenvalue weighted by molar-refractivity contribution is -0.147. The quantitative estimate of drug-likeness (QED) is 0.687. The highest BCUT2D eigenvalue weighted by atomic mass is 16.5. The molecule has 0 aromatic carbocycles. The number of aliphatic carboxylic acids is 1. The molecule has 2 atom stereocenters. The molecule has 2 amide bonds. The predicted octanol–water partition coefficient (Wildman–Crippen LogP) is -0.321. The normalized spacial score (nSPS) is 20.4. The Labute approximate surface area is 117 Å². The molecule has 0 spiro atoms. The van der Waals surface area contributed by atoms with Gasteiger partial charge in [-0.25, -0.2) is 14.4 Å². The zero-order chi connectivity index (χ0) is 15.3. The van der Waals surface area contributed by atoms with E-state index in [2.05, 4.69) is 10.1 Å². The number of hydrogen-bond acceptors (Lipinski definition) is 5. The molecule has 2 N–H and O–H groups in total. The molecule has 1 heterocycles. The van der Waals surface area contributed by atoms with Gasteiger partial charge in [0.1, 0.15) is 6.04 Å². The molecule has 0 aromatic rings. The van der Waals surface area contributed by atoms with E-state index in [0.717, 1.165) is 4.90 Å². The molecule has 8 nitrogen and oxygen atoms in total. The monoisotopic (exact) mass is 288 g/mol. The number of amides is 2. The molecule has 1 fully saturated rings. The number of ether oxygens (including phenoxy) is 2. The predicted molar refractivity (Wildman–Crippen MR) is 68.1 cm³/mol. The highest BCUT2D eigenvalue weighted by Gasteiger charge is 2.35. The lowest BCUT2D eigenvalue weighted by atomic mass is 10.1. The molecule has 1 rings (SSSR count). The third-order valence-corrected chi connectivity index (χ3v) is 3.08. The van der Waals surface area contributed by atoms with Crippen molar-refractivity contribution in [3.8, 4) is 0 Å². The van der Waals surface area contributed by atoms with Gasteiger partial charge in [-0.3, -0.25) is 0 Å². The number of urea groups is 1. The highest BCUT2D eigenvalue weighted by molar-refractivity contribution is 5.87. The zero-order valence-electron chi connectivity index (χ0n) is 11.8. The minimum Gasteiger partial charge on any atom is -0.480 e. The molecule has 20 heavy (non-hydrogen) atoms. The minimum atomic E-state index is -1.14. The largest absolute Gasteiger partial charge is 0.480 e. The van der Waals surface area contributed by atoms with Crippen LogP contribution in [0, 0.1) is 5.92 Å². The third kappa shape index (κ3) is 3.83. The molecule has 0 radical (unpaired) electrons. The topological polar surface area (TPSA) is 105 Å². The van der Waals surface area contributed by atoms with Gasteiger partial charge in [0.25, 0.3) is 0 Å². The van der Waals surface area contributed by atoms with Crippen molar-refractivity contribution in [2.45, 2.75) is 25.9 Å². The Morgan fingerprint density at radius 3 is 2.55 bits per heavy atom. The van der Waals surface area contributed by atoms with Crippen LogP contribution >= 0.6 is 0 Å². The van der Waals surface area contributed by atoms with Crippen molar-refractivity contribution in [1.82, 2.24) is 10.2 Å². The first-order chi connectivity index (χ1) is 9.38. The van der Waals surface area contributed by atoms with E-state index in [9.17, 15) is 14.4 Å². The van der Waals surface area contributed by atoms with Crippen LogP contribution in [0.2, 0.25) is 0 Å². The summed E-state index contributed by atoms with van der Waals surface area (Å²) >= 11 is 0. The van der Waals surface area contributed by atoms with Crippen LogP contribution in [0.1, 0.15) is 13.8 Å².